The normalized spacial score (nSPS) is 19.2. The van der Waals surface area contributed by atoms with Crippen LogP contribution in [0.1, 0.15) is 42.7 Å². The molecule has 0 spiro atoms. The highest BCUT2D eigenvalue weighted by Gasteiger charge is 2.27. The molecule has 1 N–H and O–H groups in total. The molecule has 1 amide bonds. The largest absolute Gasteiger partial charge is 0.352 e. The fraction of sp³-hybridized carbons (Fsp3) is 0.444. The van der Waals surface area contributed by atoms with Crippen LogP contribution in [0.5, 0.6) is 0 Å². The molecular weight excluding hydrogens is 462 g/mol. The van der Waals surface area contributed by atoms with Gasteiger partial charge in [-0.2, -0.15) is 4.98 Å². The van der Waals surface area contributed by atoms with Gasteiger partial charge in [0.05, 0.1) is 12.5 Å². The number of carbonyl (C=O) groups is 1. The van der Waals surface area contributed by atoms with Crippen molar-refractivity contribution < 1.29 is 9.32 Å². The molecule has 2 aliphatic rings. The Hall–Kier alpha value is -2.74. The maximum Gasteiger partial charge on any atom is 0.241 e. The Morgan fingerprint density at radius 1 is 1.00 bits per heavy atom. The van der Waals surface area contributed by atoms with Gasteiger partial charge >= 0.3 is 0 Å². The second-order valence-corrected chi connectivity index (χ2v) is 10.1. The molecule has 5 rings (SSSR count). The van der Waals surface area contributed by atoms with Crippen LogP contribution in [-0.4, -0.2) is 52.0 Å². The lowest BCUT2D eigenvalue weighted by molar-refractivity contribution is -0.127. The first-order valence-electron chi connectivity index (χ1n) is 12.5. The topological polar surface area (TPSA) is 74.5 Å². The van der Waals surface area contributed by atoms with E-state index in [1.165, 1.54) is 31.5 Å². The first-order chi connectivity index (χ1) is 17.1. The highest BCUT2D eigenvalue weighted by molar-refractivity contribution is 6.30. The number of nitrogens with zero attached hydrogens (tertiary/aromatic N) is 4. The van der Waals surface area contributed by atoms with Gasteiger partial charge < -0.3 is 9.84 Å². The molecule has 184 valence electrons. The van der Waals surface area contributed by atoms with Gasteiger partial charge in [0.25, 0.3) is 0 Å². The first kappa shape index (κ1) is 24.0. The number of likely N-dealkylation sites (tertiary alicyclic amines) is 2. The predicted molar refractivity (Wildman–Crippen MR) is 136 cm³/mol. The summed E-state index contributed by atoms with van der Waals surface area (Å²) < 4.78 is 5.47. The number of amides is 1. The van der Waals surface area contributed by atoms with Crippen molar-refractivity contribution >= 4 is 17.5 Å². The average Bonchev–Trinajstić information content (AvgIpc) is 3.56. The van der Waals surface area contributed by atoms with Crippen LogP contribution in [0, 0.1) is 5.92 Å². The molecule has 2 aromatic carbocycles. The van der Waals surface area contributed by atoms with Crippen LogP contribution in [0.15, 0.2) is 53.1 Å². The number of hydrogen-bond donors (Lipinski definition) is 1. The van der Waals surface area contributed by atoms with E-state index in [1.54, 1.807) is 0 Å². The fourth-order valence-corrected chi connectivity index (χ4v) is 5.14. The van der Waals surface area contributed by atoms with Gasteiger partial charge in [-0.3, -0.25) is 14.6 Å². The highest BCUT2D eigenvalue weighted by Crippen LogP contribution is 2.22. The molecule has 0 aliphatic carbocycles. The third kappa shape index (κ3) is 6.48. The molecule has 35 heavy (non-hydrogen) atoms. The molecule has 0 radical (unpaired) electrons. The average molecular weight is 494 g/mol. The van der Waals surface area contributed by atoms with Gasteiger partial charge in [-0.1, -0.05) is 41.0 Å². The summed E-state index contributed by atoms with van der Waals surface area (Å²) in [5, 5.41) is 7.93. The molecule has 7 nitrogen and oxygen atoms in total. The maximum atomic E-state index is 12.9. The van der Waals surface area contributed by atoms with E-state index in [4.69, 9.17) is 16.1 Å². The van der Waals surface area contributed by atoms with Crippen LogP contribution in [0.2, 0.25) is 5.02 Å². The molecule has 1 atom stereocenters. The zero-order valence-electron chi connectivity index (χ0n) is 20.0. The van der Waals surface area contributed by atoms with Crippen molar-refractivity contribution in [1.29, 1.82) is 0 Å². The van der Waals surface area contributed by atoms with Crippen LogP contribution < -0.4 is 5.32 Å². The number of nitrogens with one attached hydrogen (secondary N) is 1. The number of piperidine rings is 1. The molecule has 0 saturated carbocycles. The number of hydrogen-bond acceptors (Lipinski definition) is 6. The lowest BCUT2D eigenvalue weighted by atomic mass is 9.97. The molecule has 0 bridgehead atoms. The van der Waals surface area contributed by atoms with E-state index in [0.717, 1.165) is 37.1 Å². The van der Waals surface area contributed by atoms with Gasteiger partial charge in [0, 0.05) is 30.2 Å². The number of aromatic nitrogens is 2. The third-order valence-corrected chi connectivity index (χ3v) is 7.12. The summed E-state index contributed by atoms with van der Waals surface area (Å²) in [4.78, 5) is 22.2. The van der Waals surface area contributed by atoms with E-state index in [-0.39, 0.29) is 11.8 Å². The Labute approximate surface area is 211 Å². The Morgan fingerprint density at radius 2 is 1.77 bits per heavy atom. The van der Waals surface area contributed by atoms with Crippen molar-refractivity contribution in [2.24, 2.45) is 5.92 Å². The van der Waals surface area contributed by atoms with Crippen molar-refractivity contribution in [1.82, 2.24) is 25.3 Å². The van der Waals surface area contributed by atoms with Crippen molar-refractivity contribution in [2.45, 2.75) is 45.3 Å². The lowest BCUT2D eigenvalue weighted by Crippen LogP contribution is -2.42. The summed E-state index contributed by atoms with van der Waals surface area (Å²) in [6.07, 6.45) is 4.47. The molecule has 2 fully saturated rings. The zero-order valence-corrected chi connectivity index (χ0v) is 20.7. The van der Waals surface area contributed by atoms with Gasteiger partial charge in [0.2, 0.25) is 17.6 Å². The van der Waals surface area contributed by atoms with Crippen LogP contribution in [0.3, 0.4) is 0 Å². The minimum absolute atomic E-state index is 0.0322. The summed E-state index contributed by atoms with van der Waals surface area (Å²) in [5.74, 6) is 1.20. The molecular formula is C27H32ClN5O2. The standard InChI is InChI=1S/C27H32ClN5O2/c28-24-10-8-22(9-11-24)26-30-25(35-31-26)19-33-14-4-7-23(18-33)27(34)29-16-20-5-3-6-21(15-20)17-32-12-1-2-13-32/h3,5-6,8-11,15,23H,1-2,4,7,12-14,16-19H2,(H,29,34). The Bertz CT molecular complexity index is 1130. The van der Waals surface area contributed by atoms with Crippen LogP contribution in [-0.2, 0) is 24.4 Å². The fourth-order valence-electron chi connectivity index (χ4n) is 5.01. The van der Waals surface area contributed by atoms with E-state index < -0.39 is 0 Å². The minimum Gasteiger partial charge on any atom is -0.352 e. The van der Waals surface area contributed by atoms with Gasteiger partial charge in [-0.05, 0) is 80.7 Å². The summed E-state index contributed by atoms with van der Waals surface area (Å²) in [6, 6.07) is 16.0. The van der Waals surface area contributed by atoms with E-state index in [0.29, 0.717) is 36.4 Å². The third-order valence-electron chi connectivity index (χ3n) is 6.87. The smallest absolute Gasteiger partial charge is 0.241 e. The number of benzene rings is 2. The molecule has 8 heteroatoms. The molecule has 2 aliphatic heterocycles. The van der Waals surface area contributed by atoms with Gasteiger partial charge in [-0.15, -0.1) is 0 Å². The first-order valence-corrected chi connectivity index (χ1v) is 12.9. The Kier molecular flexibility index (Phi) is 7.76. The summed E-state index contributed by atoms with van der Waals surface area (Å²) >= 11 is 5.96. The van der Waals surface area contributed by atoms with Gasteiger partial charge in [0.15, 0.2) is 0 Å². The minimum atomic E-state index is -0.0322. The predicted octanol–water partition coefficient (Wildman–Crippen LogP) is 4.51. The summed E-state index contributed by atoms with van der Waals surface area (Å²) in [7, 11) is 0. The summed E-state index contributed by atoms with van der Waals surface area (Å²) in [5.41, 5.74) is 3.34. The van der Waals surface area contributed by atoms with Crippen LogP contribution >= 0.6 is 11.6 Å². The monoisotopic (exact) mass is 493 g/mol. The Morgan fingerprint density at radius 3 is 2.60 bits per heavy atom. The maximum absolute atomic E-state index is 12.9. The SMILES string of the molecule is O=C(NCc1cccc(CN2CCCC2)c1)C1CCCN(Cc2nc(-c3ccc(Cl)cc3)no2)C1. The van der Waals surface area contributed by atoms with E-state index in [1.807, 2.05) is 24.3 Å². The summed E-state index contributed by atoms with van der Waals surface area (Å²) in [6.45, 7) is 6.09. The van der Waals surface area contributed by atoms with Crippen molar-refractivity contribution in [2.75, 3.05) is 26.2 Å². The van der Waals surface area contributed by atoms with E-state index in [2.05, 4.69) is 49.5 Å². The number of rotatable bonds is 8. The molecule has 3 heterocycles. The zero-order chi connectivity index (χ0) is 24.0. The van der Waals surface area contributed by atoms with E-state index >= 15 is 0 Å². The Balaban J connectivity index is 1.12. The van der Waals surface area contributed by atoms with E-state index in [9.17, 15) is 4.79 Å². The molecule has 3 aromatic rings. The van der Waals surface area contributed by atoms with Crippen LogP contribution in [0.25, 0.3) is 11.4 Å². The van der Waals surface area contributed by atoms with Crippen molar-refractivity contribution in [3.63, 3.8) is 0 Å². The molecule has 1 unspecified atom stereocenters. The lowest BCUT2D eigenvalue weighted by Gasteiger charge is -2.30. The van der Waals surface area contributed by atoms with Crippen LogP contribution in [0.4, 0.5) is 0 Å². The highest BCUT2D eigenvalue weighted by atomic mass is 35.5. The van der Waals surface area contributed by atoms with Gasteiger partial charge in [-0.25, -0.2) is 0 Å². The number of carbonyl (C=O) groups excluding carboxylic acids is 1. The molecule has 1 aromatic heterocycles. The second kappa shape index (κ2) is 11.3. The molecule has 2 saturated heterocycles. The van der Waals surface area contributed by atoms with Crippen molar-refractivity contribution in [3.8, 4) is 11.4 Å². The number of halogens is 1. The van der Waals surface area contributed by atoms with Gasteiger partial charge in [0.1, 0.15) is 0 Å². The second-order valence-electron chi connectivity index (χ2n) is 9.61. The van der Waals surface area contributed by atoms with Crippen molar-refractivity contribution in [3.05, 3.63) is 70.6 Å². The quantitative estimate of drug-likeness (QED) is 0.497.